The summed E-state index contributed by atoms with van der Waals surface area (Å²) in [4.78, 5) is 11.9. The number of benzene rings is 2. The number of amides is 1. The van der Waals surface area contributed by atoms with E-state index in [0.29, 0.717) is 18.6 Å². The van der Waals surface area contributed by atoms with Gasteiger partial charge in [0.2, 0.25) is 0 Å². The zero-order chi connectivity index (χ0) is 16.1. The molecular weight excluding hydrogens is 295 g/mol. The maximum Gasteiger partial charge on any atom is 0.254 e. The molecule has 0 heterocycles. The second kappa shape index (κ2) is 7.09. The highest BCUT2D eigenvalue weighted by molar-refractivity contribution is 5.94. The Hall–Kier alpha value is -2.34. The maximum atomic E-state index is 13.5. The Balaban J connectivity index is 2.11. The Labute approximate surface area is 125 Å². The van der Waals surface area contributed by atoms with E-state index < -0.39 is 35.0 Å². The highest BCUT2D eigenvalue weighted by Crippen LogP contribution is 2.14. The van der Waals surface area contributed by atoms with Crippen LogP contribution in [0.5, 0.6) is 0 Å². The standard InChI is InChI=1S/C16H14F3NO2/c17-13-8-15(19)14(18)7-12(13)16(22)20-11(9-21)6-10-4-2-1-3-5-10/h1-5,7-8,11,21H,6,9H2,(H,20,22). The minimum absolute atomic E-state index is 0.315. The second-order valence-electron chi connectivity index (χ2n) is 4.79. The van der Waals surface area contributed by atoms with Gasteiger partial charge in [-0.1, -0.05) is 30.3 Å². The van der Waals surface area contributed by atoms with E-state index in [-0.39, 0.29) is 6.61 Å². The number of carbonyl (C=O) groups excluding carboxylic acids is 1. The summed E-state index contributed by atoms with van der Waals surface area (Å²) in [5.41, 5.74) is 0.262. The molecule has 1 amide bonds. The smallest absolute Gasteiger partial charge is 0.254 e. The van der Waals surface area contributed by atoms with Gasteiger partial charge in [0.15, 0.2) is 11.6 Å². The summed E-state index contributed by atoms with van der Waals surface area (Å²) >= 11 is 0. The molecule has 0 bridgehead atoms. The van der Waals surface area contributed by atoms with Crippen LogP contribution in [0.2, 0.25) is 0 Å². The number of hydrogen-bond donors (Lipinski definition) is 2. The molecule has 0 aromatic heterocycles. The van der Waals surface area contributed by atoms with Gasteiger partial charge in [0.1, 0.15) is 5.82 Å². The summed E-state index contributed by atoms with van der Waals surface area (Å²) in [5.74, 6) is -4.74. The molecule has 2 aromatic rings. The van der Waals surface area contributed by atoms with Gasteiger partial charge < -0.3 is 10.4 Å². The fourth-order valence-corrected chi connectivity index (χ4v) is 2.02. The zero-order valence-electron chi connectivity index (χ0n) is 11.5. The van der Waals surface area contributed by atoms with E-state index in [1.54, 1.807) is 12.1 Å². The molecule has 3 nitrogen and oxygen atoms in total. The molecule has 116 valence electrons. The van der Waals surface area contributed by atoms with Gasteiger partial charge in [0.25, 0.3) is 5.91 Å². The molecule has 0 aliphatic rings. The van der Waals surface area contributed by atoms with E-state index in [4.69, 9.17) is 0 Å². The minimum Gasteiger partial charge on any atom is -0.394 e. The third-order valence-corrected chi connectivity index (χ3v) is 3.14. The van der Waals surface area contributed by atoms with Crippen molar-refractivity contribution in [2.45, 2.75) is 12.5 Å². The quantitative estimate of drug-likeness (QED) is 0.834. The van der Waals surface area contributed by atoms with E-state index in [1.165, 1.54) is 0 Å². The van der Waals surface area contributed by atoms with E-state index in [1.807, 2.05) is 18.2 Å². The normalized spacial score (nSPS) is 12.0. The molecule has 22 heavy (non-hydrogen) atoms. The SMILES string of the molecule is O=C(NC(CO)Cc1ccccc1)c1cc(F)c(F)cc1F. The van der Waals surface area contributed by atoms with Gasteiger partial charge in [-0.25, -0.2) is 13.2 Å². The molecule has 2 N–H and O–H groups in total. The first-order valence-corrected chi connectivity index (χ1v) is 6.61. The van der Waals surface area contributed by atoms with Gasteiger partial charge in [0, 0.05) is 6.07 Å². The third kappa shape index (κ3) is 3.85. The van der Waals surface area contributed by atoms with Crippen molar-refractivity contribution in [1.82, 2.24) is 5.32 Å². The van der Waals surface area contributed by atoms with Crippen LogP contribution in [0.3, 0.4) is 0 Å². The van der Waals surface area contributed by atoms with E-state index in [0.717, 1.165) is 5.56 Å². The Morgan fingerprint density at radius 1 is 1.05 bits per heavy atom. The summed E-state index contributed by atoms with van der Waals surface area (Å²) < 4.78 is 39.5. The monoisotopic (exact) mass is 309 g/mol. The molecule has 0 aliphatic heterocycles. The van der Waals surface area contributed by atoms with Crippen molar-refractivity contribution >= 4 is 5.91 Å². The highest BCUT2D eigenvalue weighted by Gasteiger charge is 2.19. The van der Waals surface area contributed by atoms with Crippen molar-refractivity contribution < 1.29 is 23.1 Å². The number of hydrogen-bond acceptors (Lipinski definition) is 2. The third-order valence-electron chi connectivity index (χ3n) is 3.14. The van der Waals surface area contributed by atoms with Gasteiger partial charge >= 0.3 is 0 Å². The fourth-order valence-electron chi connectivity index (χ4n) is 2.02. The van der Waals surface area contributed by atoms with Gasteiger partial charge in [-0.2, -0.15) is 0 Å². The Morgan fingerprint density at radius 3 is 2.32 bits per heavy atom. The molecule has 2 aromatic carbocycles. The van der Waals surface area contributed by atoms with Gasteiger partial charge in [0.05, 0.1) is 18.2 Å². The summed E-state index contributed by atoms with van der Waals surface area (Å²) in [6.45, 7) is -0.369. The Bertz CT molecular complexity index is 662. The number of aliphatic hydroxyl groups is 1. The molecule has 0 spiro atoms. The summed E-state index contributed by atoms with van der Waals surface area (Å²) in [7, 11) is 0. The molecular formula is C16H14F3NO2. The number of aliphatic hydroxyl groups excluding tert-OH is 1. The Kier molecular flexibility index (Phi) is 5.16. The number of halogens is 3. The molecule has 1 atom stereocenters. The maximum absolute atomic E-state index is 13.5. The summed E-state index contributed by atoms with van der Waals surface area (Å²) in [5, 5.41) is 11.7. The number of rotatable bonds is 5. The van der Waals surface area contributed by atoms with Crippen LogP contribution >= 0.6 is 0 Å². The lowest BCUT2D eigenvalue weighted by Crippen LogP contribution is -2.39. The summed E-state index contributed by atoms with van der Waals surface area (Å²) in [6, 6.07) is 9.21. The highest BCUT2D eigenvalue weighted by atomic mass is 19.2. The average Bonchev–Trinajstić information content (AvgIpc) is 2.51. The molecule has 0 saturated carbocycles. The topological polar surface area (TPSA) is 49.3 Å². The second-order valence-corrected chi connectivity index (χ2v) is 4.79. The lowest BCUT2D eigenvalue weighted by molar-refractivity contribution is 0.0911. The molecule has 6 heteroatoms. The number of carbonyl (C=O) groups is 1. The minimum atomic E-state index is -1.36. The van der Waals surface area contributed by atoms with Crippen LogP contribution in [-0.4, -0.2) is 23.7 Å². The van der Waals surface area contributed by atoms with Crippen LogP contribution in [0, 0.1) is 17.5 Å². The zero-order valence-corrected chi connectivity index (χ0v) is 11.5. The predicted molar refractivity (Wildman–Crippen MR) is 74.8 cm³/mol. The van der Waals surface area contributed by atoms with E-state index >= 15 is 0 Å². The molecule has 0 saturated heterocycles. The van der Waals surface area contributed by atoms with Crippen molar-refractivity contribution in [1.29, 1.82) is 0 Å². The molecule has 0 fully saturated rings. The van der Waals surface area contributed by atoms with Crippen LogP contribution in [-0.2, 0) is 6.42 Å². The lowest BCUT2D eigenvalue weighted by atomic mass is 10.1. The first-order valence-electron chi connectivity index (χ1n) is 6.61. The van der Waals surface area contributed by atoms with Crippen LogP contribution in [0.1, 0.15) is 15.9 Å². The molecule has 1 unspecified atom stereocenters. The van der Waals surface area contributed by atoms with Crippen molar-refractivity contribution in [2.24, 2.45) is 0 Å². The van der Waals surface area contributed by atoms with Crippen molar-refractivity contribution in [3.63, 3.8) is 0 Å². The summed E-state index contributed by atoms with van der Waals surface area (Å²) in [6.07, 6.45) is 0.328. The molecule has 0 radical (unpaired) electrons. The Morgan fingerprint density at radius 2 is 1.68 bits per heavy atom. The van der Waals surface area contributed by atoms with Gasteiger partial charge in [-0.15, -0.1) is 0 Å². The predicted octanol–water partition coefficient (Wildman–Crippen LogP) is 2.44. The average molecular weight is 309 g/mol. The van der Waals surface area contributed by atoms with Crippen LogP contribution in [0.15, 0.2) is 42.5 Å². The van der Waals surface area contributed by atoms with Crippen LogP contribution in [0.4, 0.5) is 13.2 Å². The van der Waals surface area contributed by atoms with Gasteiger partial charge in [-0.3, -0.25) is 4.79 Å². The van der Waals surface area contributed by atoms with Crippen molar-refractivity contribution in [3.05, 3.63) is 71.0 Å². The van der Waals surface area contributed by atoms with Gasteiger partial charge in [-0.05, 0) is 18.1 Å². The largest absolute Gasteiger partial charge is 0.394 e. The fraction of sp³-hybridized carbons (Fsp3) is 0.188. The first-order chi connectivity index (χ1) is 10.5. The van der Waals surface area contributed by atoms with Crippen molar-refractivity contribution in [3.8, 4) is 0 Å². The molecule has 0 aliphatic carbocycles. The van der Waals surface area contributed by atoms with Crippen molar-refractivity contribution in [2.75, 3.05) is 6.61 Å². The van der Waals surface area contributed by atoms with E-state index in [9.17, 15) is 23.1 Å². The van der Waals surface area contributed by atoms with Crippen LogP contribution < -0.4 is 5.32 Å². The van der Waals surface area contributed by atoms with E-state index in [2.05, 4.69) is 5.32 Å². The molecule has 2 rings (SSSR count). The number of nitrogens with one attached hydrogen (secondary N) is 1. The lowest BCUT2D eigenvalue weighted by Gasteiger charge is -2.16. The first kappa shape index (κ1) is 16.0. The van der Waals surface area contributed by atoms with Crippen LogP contribution in [0.25, 0.3) is 0 Å².